The van der Waals surface area contributed by atoms with E-state index in [-0.39, 0.29) is 5.41 Å². The van der Waals surface area contributed by atoms with E-state index in [0.29, 0.717) is 12.1 Å². The average Bonchev–Trinajstić information content (AvgIpc) is 3.94. The van der Waals surface area contributed by atoms with Crippen molar-refractivity contribution in [2.24, 2.45) is 0 Å². The second-order valence-corrected chi connectivity index (χ2v) is 14.1. The molecular weight excluding hydrogens is 578 g/mol. The monoisotopic (exact) mass is 621 g/mol. The Bertz CT molecular complexity index is 1840. The fourth-order valence-corrected chi connectivity index (χ4v) is 7.09. The van der Waals surface area contributed by atoms with Gasteiger partial charge in [-0.2, -0.15) is 0 Å². The molecule has 2 saturated heterocycles. The molecule has 0 radical (unpaired) electrons. The molecule has 7 heteroatoms. The molecule has 5 heterocycles. The Morgan fingerprint density at radius 1 is 0.617 bits per heavy atom. The highest BCUT2D eigenvalue weighted by Gasteiger charge is 2.22. The smallest absolute Gasteiger partial charge is 0.123 e. The van der Waals surface area contributed by atoms with Crippen LogP contribution in [-0.4, -0.2) is 37.6 Å². The van der Waals surface area contributed by atoms with Crippen molar-refractivity contribution in [1.29, 1.82) is 0 Å². The highest BCUT2D eigenvalue weighted by molar-refractivity contribution is 5.84. The van der Waals surface area contributed by atoms with Crippen LogP contribution in [0.3, 0.4) is 0 Å². The summed E-state index contributed by atoms with van der Waals surface area (Å²) in [5, 5.41) is 7.07. The first kappa shape index (κ1) is 29.7. The van der Waals surface area contributed by atoms with Gasteiger partial charge in [-0.1, -0.05) is 81.4 Å². The fourth-order valence-electron chi connectivity index (χ4n) is 7.09. The molecular formula is C40H43N7. The van der Waals surface area contributed by atoms with Gasteiger partial charge in [-0.25, -0.2) is 9.97 Å². The number of rotatable bonds is 7. The van der Waals surface area contributed by atoms with E-state index in [2.05, 4.69) is 141 Å². The van der Waals surface area contributed by atoms with Crippen molar-refractivity contribution < 1.29 is 0 Å². The Kier molecular flexibility index (Phi) is 7.66. The van der Waals surface area contributed by atoms with E-state index in [1.807, 2.05) is 12.4 Å². The van der Waals surface area contributed by atoms with Gasteiger partial charge in [0.1, 0.15) is 11.6 Å². The molecule has 6 aromatic rings. The number of H-pyrrole nitrogens is 2. The van der Waals surface area contributed by atoms with Crippen molar-refractivity contribution in [3.8, 4) is 50.6 Å². The quantitative estimate of drug-likeness (QED) is 0.144. The summed E-state index contributed by atoms with van der Waals surface area (Å²) in [5.41, 5.74) is 11.7. The number of hydrogen-bond acceptors (Lipinski definition) is 4. The maximum absolute atomic E-state index is 4.68. The first-order chi connectivity index (χ1) is 22.9. The van der Waals surface area contributed by atoms with Crippen molar-refractivity contribution in [2.75, 3.05) is 13.1 Å². The molecule has 2 unspecified atom stereocenters. The molecule has 2 aliphatic heterocycles. The summed E-state index contributed by atoms with van der Waals surface area (Å²) in [7, 11) is 0. The first-order valence-corrected chi connectivity index (χ1v) is 17.0. The zero-order valence-corrected chi connectivity index (χ0v) is 27.5. The number of nitrogens with one attached hydrogen (secondary N) is 4. The van der Waals surface area contributed by atoms with Gasteiger partial charge in [0.2, 0.25) is 0 Å². The van der Waals surface area contributed by atoms with Crippen LogP contribution in [-0.2, 0) is 5.41 Å². The molecule has 47 heavy (non-hydrogen) atoms. The molecule has 238 valence electrons. The summed E-state index contributed by atoms with van der Waals surface area (Å²) >= 11 is 0. The average molecular weight is 622 g/mol. The summed E-state index contributed by atoms with van der Waals surface area (Å²) in [5.74, 6) is 2.06. The highest BCUT2D eigenvalue weighted by atomic mass is 15.0. The van der Waals surface area contributed by atoms with Crippen molar-refractivity contribution >= 4 is 0 Å². The zero-order valence-electron chi connectivity index (χ0n) is 27.5. The van der Waals surface area contributed by atoms with Crippen molar-refractivity contribution in [1.82, 2.24) is 35.1 Å². The molecule has 0 bridgehead atoms. The SMILES string of the molecule is CC(C)(C)c1ccc(-c2c(-c3ccc(-c4cnc(C5CCCN5)[nH]4)cc3)ccn2-c2ccc(-c3cnc(C4CCCN4)[nH]3)cc2)cc1. The second kappa shape index (κ2) is 12.1. The van der Waals surface area contributed by atoms with Crippen molar-refractivity contribution in [2.45, 2.75) is 64.0 Å². The third-order valence-corrected chi connectivity index (χ3v) is 9.85. The Morgan fingerprint density at radius 3 is 1.64 bits per heavy atom. The van der Waals surface area contributed by atoms with Gasteiger partial charge in [0, 0.05) is 17.4 Å². The molecule has 3 aromatic carbocycles. The number of hydrogen-bond donors (Lipinski definition) is 4. The van der Waals surface area contributed by atoms with Crippen LogP contribution in [0.25, 0.3) is 50.6 Å². The van der Waals surface area contributed by atoms with Crippen molar-refractivity contribution in [3.05, 3.63) is 115 Å². The Labute approximate surface area is 276 Å². The van der Waals surface area contributed by atoms with Gasteiger partial charge >= 0.3 is 0 Å². The maximum Gasteiger partial charge on any atom is 0.123 e. The van der Waals surface area contributed by atoms with Gasteiger partial charge in [0.15, 0.2) is 0 Å². The summed E-state index contributed by atoms with van der Waals surface area (Å²) in [6.45, 7) is 8.91. The summed E-state index contributed by atoms with van der Waals surface area (Å²) in [6, 6.07) is 29.6. The van der Waals surface area contributed by atoms with Gasteiger partial charge in [-0.3, -0.25) is 0 Å². The second-order valence-electron chi connectivity index (χ2n) is 14.1. The largest absolute Gasteiger partial charge is 0.341 e. The van der Waals surface area contributed by atoms with Gasteiger partial charge in [-0.15, -0.1) is 0 Å². The molecule has 0 aliphatic carbocycles. The molecule has 0 spiro atoms. The van der Waals surface area contributed by atoms with E-state index in [1.54, 1.807) is 0 Å². The lowest BCUT2D eigenvalue weighted by Gasteiger charge is -2.20. The standard InChI is InChI=1S/C40H43N7/c1-40(2,3)30-16-12-29(13-17-30)37-32(26-8-10-27(11-9-26)35-24-43-38(45-35)33-6-4-21-41-33)20-23-47(37)31-18-14-28(15-19-31)36-25-44-39(46-36)34-7-5-22-42-34/h8-20,23-25,33-34,41-42H,4-7,21-22H2,1-3H3,(H,43,45)(H,44,46). The minimum atomic E-state index is 0.0930. The van der Waals surface area contributed by atoms with Gasteiger partial charge < -0.3 is 25.2 Å². The normalized spacial score (nSPS) is 18.3. The lowest BCUT2D eigenvalue weighted by atomic mass is 9.86. The minimum Gasteiger partial charge on any atom is -0.341 e. The number of aromatic amines is 2. The Hall–Kier alpha value is -4.72. The van der Waals surface area contributed by atoms with E-state index in [0.717, 1.165) is 65.8 Å². The van der Waals surface area contributed by atoms with Crippen molar-refractivity contribution in [3.63, 3.8) is 0 Å². The molecule has 2 atom stereocenters. The summed E-state index contributed by atoms with van der Waals surface area (Å²) < 4.78 is 2.32. The highest BCUT2D eigenvalue weighted by Crippen LogP contribution is 2.38. The Morgan fingerprint density at radius 2 is 1.13 bits per heavy atom. The van der Waals surface area contributed by atoms with Crippen LogP contribution < -0.4 is 10.6 Å². The minimum absolute atomic E-state index is 0.0930. The van der Waals surface area contributed by atoms with Crippen LogP contribution in [0.5, 0.6) is 0 Å². The number of aromatic nitrogens is 5. The van der Waals surface area contributed by atoms with Gasteiger partial charge in [0.05, 0.1) is 41.6 Å². The maximum atomic E-state index is 4.68. The first-order valence-electron chi connectivity index (χ1n) is 17.0. The third-order valence-electron chi connectivity index (χ3n) is 9.85. The van der Waals surface area contributed by atoms with E-state index >= 15 is 0 Å². The molecule has 0 amide bonds. The fraction of sp³-hybridized carbons (Fsp3) is 0.300. The van der Waals surface area contributed by atoms with Crippen LogP contribution in [0, 0.1) is 0 Å². The topological polar surface area (TPSA) is 86.3 Å². The van der Waals surface area contributed by atoms with Crippen LogP contribution >= 0.6 is 0 Å². The molecule has 2 fully saturated rings. The molecule has 2 aliphatic rings. The van der Waals surface area contributed by atoms with Crippen LogP contribution in [0.1, 0.15) is 75.8 Å². The summed E-state index contributed by atoms with van der Waals surface area (Å²) in [4.78, 5) is 16.5. The predicted octanol–water partition coefficient (Wildman–Crippen LogP) is 8.74. The zero-order chi connectivity index (χ0) is 32.0. The van der Waals surface area contributed by atoms with Crippen LogP contribution in [0.2, 0.25) is 0 Å². The van der Waals surface area contributed by atoms with Gasteiger partial charge in [-0.05, 0) is 90.2 Å². The third kappa shape index (κ3) is 5.86. The van der Waals surface area contributed by atoms with Crippen LogP contribution in [0.15, 0.2) is 97.5 Å². The van der Waals surface area contributed by atoms with E-state index in [4.69, 9.17) is 0 Å². The lowest BCUT2D eigenvalue weighted by molar-refractivity contribution is 0.590. The number of nitrogens with zero attached hydrogens (tertiary/aromatic N) is 3. The molecule has 8 rings (SSSR count). The summed E-state index contributed by atoms with van der Waals surface area (Å²) in [6.07, 6.45) is 10.8. The predicted molar refractivity (Wildman–Crippen MR) is 190 cm³/mol. The molecule has 7 nitrogen and oxygen atoms in total. The number of imidazole rings is 2. The molecule has 0 saturated carbocycles. The van der Waals surface area contributed by atoms with E-state index in [9.17, 15) is 0 Å². The van der Waals surface area contributed by atoms with Crippen LogP contribution in [0.4, 0.5) is 0 Å². The van der Waals surface area contributed by atoms with E-state index < -0.39 is 0 Å². The number of benzene rings is 3. The van der Waals surface area contributed by atoms with Gasteiger partial charge in [0.25, 0.3) is 0 Å². The lowest BCUT2D eigenvalue weighted by Crippen LogP contribution is -2.14. The van der Waals surface area contributed by atoms with E-state index in [1.165, 1.54) is 40.8 Å². The molecule has 3 aromatic heterocycles. The Balaban J connectivity index is 1.13. The molecule has 4 N–H and O–H groups in total.